The number of halogens is 1. The van der Waals surface area contributed by atoms with Gasteiger partial charge in [-0.1, -0.05) is 13.3 Å². The number of hydrogen-bond donors (Lipinski definition) is 2. The van der Waals surface area contributed by atoms with Crippen molar-refractivity contribution >= 4 is 17.0 Å². The molecule has 0 saturated heterocycles. The number of carboxylic acids is 1. The average molecular weight is 236 g/mol. The zero-order valence-corrected chi connectivity index (χ0v) is 9.46. The van der Waals surface area contributed by atoms with Crippen LogP contribution in [-0.4, -0.2) is 21.0 Å². The number of rotatable bonds is 4. The smallest absolute Gasteiger partial charge is 0.338 e. The second-order valence-corrected chi connectivity index (χ2v) is 3.94. The Labute approximate surface area is 97.5 Å². The molecule has 0 radical (unpaired) electrons. The molecule has 2 aromatic rings. The predicted molar refractivity (Wildman–Crippen MR) is 61.6 cm³/mol. The molecule has 1 aromatic heterocycles. The third-order valence-corrected chi connectivity index (χ3v) is 2.60. The third kappa shape index (κ3) is 2.27. The van der Waals surface area contributed by atoms with Crippen LogP contribution in [0, 0.1) is 5.82 Å². The number of imidazole rings is 1. The van der Waals surface area contributed by atoms with Gasteiger partial charge in [-0.25, -0.2) is 14.2 Å². The normalized spacial score (nSPS) is 10.9. The van der Waals surface area contributed by atoms with Gasteiger partial charge >= 0.3 is 5.97 Å². The lowest BCUT2D eigenvalue weighted by molar-refractivity contribution is 0.0698. The molecule has 1 aromatic carbocycles. The molecule has 0 saturated carbocycles. The van der Waals surface area contributed by atoms with Crippen molar-refractivity contribution in [2.45, 2.75) is 26.2 Å². The largest absolute Gasteiger partial charge is 0.478 e. The van der Waals surface area contributed by atoms with Gasteiger partial charge in [0, 0.05) is 6.42 Å². The first-order chi connectivity index (χ1) is 8.11. The Hall–Kier alpha value is -1.91. The van der Waals surface area contributed by atoms with Crippen molar-refractivity contribution in [2.24, 2.45) is 0 Å². The van der Waals surface area contributed by atoms with Crippen LogP contribution in [-0.2, 0) is 6.42 Å². The van der Waals surface area contributed by atoms with Crippen molar-refractivity contribution in [1.29, 1.82) is 0 Å². The number of H-pyrrole nitrogens is 1. The average Bonchev–Trinajstić information content (AvgIpc) is 2.67. The highest BCUT2D eigenvalue weighted by Gasteiger charge is 2.14. The minimum Gasteiger partial charge on any atom is -0.478 e. The number of aromatic amines is 1. The fourth-order valence-electron chi connectivity index (χ4n) is 1.76. The van der Waals surface area contributed by atoms with E-state index in [1.807, 2.05) is 0 Å². The molecule has 0 bridgehead atoms. The highest BCUT2D eigenvalue weighted by molar-refractivity contribution is 6.00. The number of aromatic nitrogens is 2. The molecule has 0 fully saturated rings. The molecule has 0 amide bonds. The number of nitrogens with one attached hydrogen (secondary N) is 1. The first-order valence-electron chi connectivity index (χ1n) is 5.53. The number of fused-ring (bicyclic) bond motifs is 1. The Morgan fingerprint density at radius 2 is 2.29 bits per heavy atom. The quantitative estimate of drug-likeness (QED) is 0.857. The van der Waals surface area contributed by atoms with Crippen LogP contribution in [0.2, 0.25) is 0 Å². The Kier molecular flexibility index (Phi) is 3.08. The highest BCUT2D eigenvalue weighted by atomic mass is 19.1. The summed E-state index contributed by atoms with van der Waals surface area (Å²) in [4.78, 5) is 18.1. The van der Waals surface area contributed by atoms with Crippen molar-refractivity contribution in [3.63, 3.8) is 0 Å². The van der Waals surface area contributed by atoms with Crippen molar-refractivity contribution in [2.75, 3.05) is 0 Å². The molecule has 0 aliphatic heterocycles. The van der Waals surface area contributed by atoms with E-state index in [-0.39, 0.29) is 5.56 Å². The molecule has 0 aliphatic carbocycles. The van der Waals surface area contributed by atoms with Crippen molar-refractivity contribution < 1.29 is 14.3 Å². The number of benzene rings is 1. The van der Waals surface area contributed by atoms with Gasteiger partial charge in [-0.15, -0.1) is 0 Å². The fourth-order valence-corrected chi connectivity index (χ4v) is 1.76. The number of aryl methyl sites for hydroxylation is 1. The first kappa shape index (κ1) is 11.6. The van der Waals surface area contributed by atoms with E-state index in [1.54, 1.807) is 0 Å². The van der Waals surface area contributed by atoms with Gasteiger partial charge in [0.15, 0.2) is 0 Å². The summed E-state index contributed by atoms with van der Waals surface area (Å²) in [5.74, 6) is -1.03. The van der Waals surface area contributed by atoms with E-state index in [0.29, 0.717) is 16.9 Å². The molecule has 4 nitrogen and oxygen atoms in total. The molecule has 5 heteroatoms. The molecule has 17 heavy (non-hydrogen) atoms. The number of nitrogens with zero attached hydrogens (tertiary/aromatic N) is 1. The monoisotopic (exact) mass is 236 g/mol. The zero-order valence-electron chi connectivity index (χ0n) is 9.46. The van der Waals surface area contributed by atoms with Crippen molar-refractivity contribution in [1.82, 2.24) is 9.97 Å². The van der Waals surface area contributed by atoms with Crippen LogP contribution in [0.15, 0.2) is 12.1 Å². The maximum atomic E-state index is 13.2. The SMILES string of the molecule is CCCCc1nc2c(C(=O)O)cc(F)cc2[nH]1. The van der Waals surface area contributed by atoms with Crippen LogP contribution in [0.25, 0.3) is 11.0 Å². The van der Waals surface area contributed by atoms with Crippen molar-refractivity contribution in [3.8, 4) is 0 Å². The number of carbonyl (C=O) groups is 1. The summed E-state index contributed by atoms with van der Waals surface area (Å²) < 4.78 is 13.2. The number of aromatic carboxylic acids is 1. The Balaban J connectivity index is 2.51. The van der Waals surface area contributed by atoms with Gasteiger partial charge in [-0.2, -0.15) is 0 Å². The van der Waals surface area contributed by atoms with Gasteiger partial charge in [-0.05, 0) is 18.6 Å². The van der Waals surface area contributed by atoms with Crippen LogP contribution in [0.1, 0.15) is 35.9 Å². The summed E-state index contributed by atoms with van der Waals surface area (Å²) in [6.07, 6.45) is 2.73. The summed E-state index contributed by atoms with van der Waals surface area (Å²) in [6.45, 7) is 2.06. The Bertz CT molecular complexity index is 563. The number of hydrogen-bond acceptors (Lipinski definition) is 2. The van der Waals surface area contributed by atoms with Gasteiger partial charge in [0.25, 0.3) is 0 Å². The number of carboxylic acid groups (broad SMARTS) is 1. The van der Waals surface area contributed by atoms with Gasteiger partial charge < -0.3 is 10.1 Å². The van der Waals surface area contributed by atoms with Crippen LogP contribution in [0.4, 0.5) is 4.39 Å². The molecule has 2 rings (SSSR count). The standard InChI is InChI=1S/C12H13FN2O2/c1-2-3-4-10-14-9-6-7(13)5-8(12(16)17)11(9)15-10/h5-6H,2-4H2,1H3,(H,14,15)(H,16,17). The third-order valence-electron chi connectivity index (χ3n) is 2.60. The van der Waals surface area contributed by atoms with Crippen molar-refractivity contribution in [3.05, 3.63) is 29.3 Å². The molecule has 0 atom stereocenters. The van der Waals surface area contributed by atoms with Crippen LogP contribution in [0.3, 0.4) is 0 Å². The topological polar surface area (TPSA) is 66.0 Å². The summed E-state index contributed by atoms with van der Waals surface area (Å²) in [7, 11) is 0. The molecule has 0 spiro atoms. The second-order valence-electron chi connectivity index (χ2n) is 3.94. The molecule has 90 valence electrons. The maximum Gasteiger partial charge on any atom is 0.338 e. The summed E-state index contributed by atoms with van der Waals surface area (Å²) in [5.41, 5.74) is 0.664. The van der Waals surface area contributed by atoms with E-state index in [9.17, 15) is 9.18 Å². The van der Waals surface area contributed by atoms with Crippen LogP contribution in [0.5, 0.6) is 0 Å². The van der Waals surface area contributed by atoms with E-state index >= 15 is 0 Å². The summed E-state index contributed by atoms with van der Waals surface area (Å²) >= 11 is 0. The van der Waals surface area contributed by atoms with Crippen LogP contribution < -0.4 is 0 Å². The molecule has 2 N–H and O–H groups in total. The molecular formula is C12H13FN2O2. The minimum atomic E-state index is -1.16. The molecule has 1 heterocycles. The second kappa shape index (κ2) is 4.53. The maximum absolute atomic E-state index is 13.2. The molecule has 0 aliphatic rings. The van der Waals surface area contributed by atoms with E-state index < -0.39 is 11.8 Å². The molecule has 0 unspecified atom stereocenters. The Morgan fingerprint density at radius 3 is 2.94 bits per heavy atom. The van der Waals surface area contributed by atoms with E-state index in [1.165, 1.54) is 6.07 Å². The zero-order chi connectivity index (χ0) is 12.4. The summed E-state index contributed by atoms with van der Waals surface area (Å²) in [5, 5.41) is 8.97. The number of unbranched alkanes of at least 4 members (excludes halogenated alkanes) is 1. The van der Waals surface area contributed by atoms with Crippen LogP contribution >= 0.6 is 0 Å². The van der Waals surface area contributed by atoms with Gasteiger partial charge in [0.05, 0.1) is 11.1 Å². The van der Waals surface area contributed by atoms with Gasteiger partial charge in [0.2, 0.25) is 0 Å². The fraction of sp³-hybridized carbons (Fsp3) is 0.333. The van der Waals surface area contributed by atoms with E-state index in [2.05, 4.69) is 16.9 Å². The first-order valence-corrected chi connectivity index (χ1v) is 5.53. The summed E-state index contributed by atoms with van der Waals surface area (Å²) in [6, 6.07) is 2.26. The molecular weight excluding hydrogens is 223 g/mol. The Morgan fingerprint density at radius 1 is 1.53 bits per heavy atom. The lowest BCUT2D eigenvalue weighted by Crippen LogP contribution is -1.98. The van der Waals surface area contributed by atoms with E-state index in [4.69, 9.17) is 5.11 Å². The van der Waals surface area contributed by atoms with Gasteiger partial charge in [0.1, 0.15) is 17.2 Å². The minimum absolute atomic E-state index is 0.0981. The lowest BCUT2D eigenvalue weighted by atomic mass is 10.2. The highest BCUT2D eigenvalue weighted by Crippen LogP contribution is 2.19. The van der Waals surface area contributed by atoms with Gasteiger partial charge in [-0.3, -0.25) is 0 Å². The lowest BCUT2D eigenvalue weighted by Gasteiger charge is -1.95. The predicted octanol–water partition coefficient (Wildman–Crippen LogP) is 2.74. The van der Waals surface area contributed by atoms with E-state index in [0.717, 1.165) is 25.3 Å².